The summed E-state index contributed by atoms with van der Waals surface area (Å²) in [6, 6.07) is 0. The first-order chi connectivity index (χ1) is 10.4. The fourth-order valence-electron chi connectivity index (χ4n) is 3.54. The summed E-state index contributed by atoms with van der Waals surface area (Å²) < 4.78 is 23.1. The molecule has 7 heteroatoms. The lowest BCUT2D eigenvalue weighted by molar-refractivity contribution is 0.403. The Balaban J connectivity index is 0.00000264. The molecular formula is C16H32IN3O2S. The number of halogens is 1. The Morgan fingerprint density at radius 2 is 2.04 bits per heavy atom. The predicted molar refractivity (Wildman–Crippen MR) is 107 cm³/mol. The third-order valence-corrected chi connectivity index (χ3v) is 6.39. The van der Waals surface area contributed by atoms with Gasteiger partial charge in [0.1, 0.15) is 0 Å². The molecule has 2 aliphatic heterocycles. The molecule has 2 atom stereocenters. The van der Waals surface area contributed by atoms with Crippen molar-refractivity contribution in [3.8, 4) is 0 Å². The molecule has 2 unspecified atom stereocenters. The Labute approximate surface area is 158 Å². The molecule has 23 heavy (non-hydrogen) atoms. The summed E-state index contributed by atoms with van der Waals surface area (Å²) in [6.07, 6.45) is 3.28. The largest absolute Gasteiger partial charge is 0.357 e. The predicted octanol–water partition coefficient (Wildman–Crippen LogP) is 2.37. The number of aliphatic imine (C=N–C) groups is 1. The molecule has 0 amide bonds. The van der Waals surface area contributed by atoms with Gasteiger partial charge in [-0.05, 0) is 43.9 Å². The molecule has 0 radical (unpaired) electrons. The lowest BCUT2D eigenvalue weighted by atomic mass is 9.97. The van der Waals surface area contributed by atoms with Crippen LogP contribution >= 0.6 is 24.0 Å². The van der Waals surface area contributed by atoms with Gasteiger partial charge in [-0.1, -0.05) is 13.8 Å². The van der Waals surface area contributed by atoms with Gasteiger partial charge in [-0.3, -0.25) is 4.99 Å². The van der Waals surface area contributed by atoms with Crippen molar-refractivity contribution < 1.29 is 8.42 Å². The van der Waals surface area contributed by atoms with Crippen molar-refractivity contribution in [1.29, 1.82) is 0 Å². The molecule has 2 aliphatic rings. The third-order valence-electron chi connectivity index (χ3n) is 4.55. The van der Waals surface area contributed by atoms with Gasteiger partial charge in [0.25, 0.3) is 0 Å². The van der Waals surface area contributed by atoms with E-state index in [1.807, 2.05) is 0 Å². The van der Waals surface area contributed by atoms with Gasteiger partial charge in [-0.15, -0.1) is 24.0 Å². The number of likely N-dealkylation sites (tertiary alicyclic amines) is 1. The van der Waals surface area contributed by atoms with E-state index in [9.17, 15) is 8.42 Å². The Bertz CT molecular complexity index is 494. The number of hydrogen-bond acceptors (Lipinski definition) is 3. The van der Waals surface area contributed by atoms with Crippen molar-refractivity contribution in [2.45, 2.75) is 40.0 Å². The van der Waals surface area contributed by atoms with Crippen LogP contribution in [0.25, 0.3) is 0 Å². The highest BCUT2D eigenvalue weighted by atomic mass is 127. The number of nitrogens with zero attached hydrogens (tertiary/aromatic N) is 2. The van der Waals surface area contributed by atoms with E-state index >= 15 is 0 Å². The highest BCUT2D eigenvalue weighted by Crippen LogP contribution is 2.24. The van der Waals surface area contributed by atoms with E-state index in [0.29, 0.717) is 18.1 Å². The van der Waals surface area contributed by atoms with E-state index in [2.05, 4.69) is 31.0 Å². The van der Waals surface area contributed by atoms with E-state index in [1.54, 1.807) is 0 Å². The maximum atomic E-state index is 11.5. The monoisotopic (exact) mass is 457 g/mol. The van der Waals surface area contributed by atoms with Crippen LogP contribution in [-0.2, 0) is 9.84 Å². The highest BCUT2D eigenvalue weighted by molar-refractivity contribution is 14.0. The minimum Gasteiger partial charge on any atom is -0.357 e. The van der Waals surface area contributed by atoms with E-state index in [1.165, 1.54) is 12.8 Å². The molecule has 0 bridgehead atoms. The SMILES string of the molecule is CCNC(=NCC1CCS(=O)(=O)C1)N1CCC(CC(C)C)C1.I. The van der Waals surface area contributed by atoms with Gasteiger partial charge in [0.05, 0.1) is 11.5 Å². The van der Waals surface area contributed by atoms with Gasteiger partial charge >= 0.3 is 0 Å². The quantitative estimate of drug-likeness (QED) is 0.391. The second kappa shape index (κ2) is 9.44. The van der Waals surface area contributed by atoms with Crippen molar-refractivity contribution in [2.24, 2.45) is 22.7 Å². The zero-order valence-corrected chi connectivity index (χ0v) is 17.8. The smallest absolute Gasteiger partial charge is 0.193 e. The van der Waals surface area contributed by atoms with Crippen molar-refractivity contribution in [1.82, 2.24) is 10.2 Å². The molecule has 2 heterocycles. The fraction of sp³-hybridized carbons (Fsp3) is 0.938. The fourth-order valence-corrected chi connectivity index (χ4v) is 5.39. The summed E-state index contributed by atoms with van der Waals surface area (Å²) in [4.78, 5) is 7.07. The van der Waals surface area contributed by atoms with Crippen LogP contribution < -0.4 is 5.32 Å². The standard InChI is InChI=1S/C16H31N3O2S.HI/c1-4-17-16(18-10-15-6-8-22(20,21)12-15)19-7-5-14(11-19)9-13(2)3;/h13-15H,4-12H2,1-3H3,(H,17,18);1H. The van der Waals surface area contributed by atoms with Crippen LogP contribution in [0.15, 0.2) is 4.99 Å². The Morgan fingerprint density at radius 3 is 2.61 bits per heavy atom. The molecule has 0 spiro atoms. The topological polar surface area (TPSA) is 61.8 Å². The van der Waals surface area contributed by atoms with Crippen LogP contribution in [-0.4, -0.2) is 57.0 Å². The number of hydrogen-bond donors (Lipinski definition) is 1. The third kappa shape index (κ3) is 6.76. The van der Waals surface area contributed by atoms with Crippen LogP contribution in [0, 0.1) is 17.8 Å². The molecule has 2 fully saturated rings. The Kier molecular flexibility index (Phi) is 8.61. The first-order valence-electron chi connectivity index (χ1n) is 8.63. The minimum atomic E-state index is -2.80. The summed E-state index contributed by atoms with van der Waals surface area (Å²) in [7, 11) is -2.80. The summed E-state index contributed by atoms with van der Waals surface area (Å²) in [5.41, 5.74) is 0. The average Bonchev–Trinajstić information content (AvgIpc) is 3.00. The number of sulfone groups is 1. The van der Waals surface area contributed by atoms with Gasteiger partial charge in [-0.2, -0.15) is 0 Å². The molecule has 1 N–H and O–H groups in total. The van der Waals surface area contributed by atoms with E-state index < -0.39 is 9.84 Å². The van der Waals surface area contributed by atoms with Crippen LogP contribution in [0.4, 0.5) is 0 Å². The summed E-state index contributed by atoms with van der Waals surface area (Å²) >= 11 is 0. The summed E-state index contributed by atoms with van der Waals surface area (Å²) in [6.45, 7) is 10.3. The van der Waals surface area contributed by atoms with Gasteiger partial charge in [0.15, 0.2) is 15.8 Å². The molecule has 0 aromatic carbocycles. The molecule has 0 aromatic rings. The Hall–Kier alpha value is -0.0500. The maximum Gasteiger partial charge on any atom is 0.193 e. The lowest BCUT2D eigenvalue weighted by Crippen LogP contribution is -2.40. The van der Waals surface area contributed by atoms with Crippen LogP contribution in [0.3, 0.4) is 0 Å². The van der Waals surface area contributed by atoms with E-state index in [-0.39, 0.29) is 29.9 Å². The molecule has 136 valence electrons. The van der Waals surface area contributed by atoms with Crippen molar-refractivity contribution in [2.75, 3.05) is 37.7 Å². The molecule has 0 saturated carbocycles. The molecule has 0 aliphatic carbocycles. The lowest BCUT2D eigenvalue weighted by Gasteiger charge is -2.22. The first kappa shape index (κ1) is 21.0. The zero-order valence-electron chi connectivity index (χ0n) is 14.6. The Morgan fingerprint density at radius 1 is 1.30 bits per heavy atom. The number of rotatable bonds is 5. The summed E-state index contributed by atoms with van der Waals surface area (Å²) in [5, 5.41) is 3.37. The van der Waals surface area contributed by atoms with Gasteiger partial charge in [0, 0.05) is 26.2 Å². The zero-order chi connectivity index (χ0) is 16.2. The molecule has 0 aromatic heterocycles. The van der Waals surface area contributed by atoms with Crippen molar-refractivity contribution in [3.05, 3.63) is 0 Å². The average molecular weight is 457 g/mol. The second-order valence-corrected chi connectivity index (χ2v) is 9.42. The van der Waals surface area contributed by atoms with Crippen molar-refractivity contribution >= 4 is 39.8 Å². The molecule has 5 nitrogen and oxygen atoms in total. The van der Waals surface area contributed by atoms with Crippen LogP contribution in [0.1, 0.15) is 40.0 Å². The molecule has 2 rings (SSSR count). The summed E-state index contributed by atoms with van der Waals surface area (Å²) in [5.74, 6) is 3.32. The minimum absolute atomic E-state index is 0. The van der Waals surface area contributed by atoms with Gasteiger partial charge in [0.2, 0.25) is 0 Å². The highest BCUT2D eigenvalue weighted by Gasteiger charge is 2.29. The van der Waals surface area contributed by atoms with E-state index in [0.717, 1.165) is 43.9 Å². The molecule has 2 saturated heterocycles. The molecular weight excluding hydrogens is 425 g/mol. The van der Waals surface area contributed by atoms with E-state index in [4.69, 9.17) is 4.99 Å². The first-order valence-corrected chi connectivity index (χ1v) is 10.5. The van der Waals surface area contributed by atoms with Crippen molar-refractivity contribution in [3.63, 3.8) is 0 Å². The van der Waals surface area contributed by atoms with Gasteiger partial charge < -0.3 is 10.2 Å². The normalized spacial score (nSPS) is 27.3. The number of guanidine groups is 1. The van der Waals surface area contributed by atoms with Gasteiger partial charge in [-0.25, -0.2) is 8.42 Å². The second-order valence-electron chi connectivity index (χ2n) is 7.19. The van der Waals surface area contributed by atoms with Crippen LogP contribution in [0.2, 0.25) is 0 Å². The maximum absolute atomic E-state index is 11.5. The number of nitrogens with one attached hydrogen (secondary N) is 1. The van der Waals surface area contributed by atoms with Crippen LogP contribution in [0.5, 0.6) is 0 Å².